The molecular formula is C20H16F4N2O4. The Morgan fingerprint density at radius 3 is 2.37 bits per heavy atom. The molecule has 0 bridgehead atoms. The van der Waals surface area contributed by atoms with Gasteiger partial charge < -0.3 is 15.2 Å². The quantitative estimate of drug-likeness (QED) is 0.627. The van der Waals surface area contributed by atoms with Gasteiger partial charge in [0, 0.05) is 29.8 Å². The summed E-state index contributed by atoms with van der Waals surface area (Å²) in [7, 11) is 1.43. The maximum absolute atomic E-state index is 14.0. The molecule has 10 heteroatoms. The van der Waals surface area contributed by atoms with Crippen LogP contribution in [0.4, 0.5) is 17.6 Å². The number of alkyl halides is 3. The van der Waals surface area contributed by atoms with E-state index in [2.05, 4.69) is 10.1 Å². The van der Waals surface area contributed by atoms with E-state index in [1.807, 2.05) is 0 Å². The van der Waals surface area contributed by atoms with Gasteiger partial charge in [-0.2, -0.15) is 0 Å². The Hall–Kier alpha value is -3.56. The van der Waals surface area contributed by atoms with Gasteiger partial charge in [0.15, 0.2) is 11.6 Å². The van der Waals surface area contributed by atoms with Crippen LogP contribution in [-0.2, 0) is 11.2 Å². The van der Waals surface area contributed by atoms with Crippen LogP contribution < -0.4 is 10.1 Å². The number of hydrogen-bond acceptors (Lipinski definition) is 4. The number of rotatable bonds is 4. The topological polar surface area (TPSA) is 80.6 Å². The van der Waals surface area contributed by atoms with Crippen molar-refractivity contribution < 1.29 is 37.0 Å². The molecule has 0 saturated carbocycles. The normalized spacial score (nSPS) is 11.5. The molecule has 0 aliphatic carbocycles. The van der Waals surface area contributed by atoms with Crippen LogP contribution in [0.15, 0.2) is 36.4 Å². The van der Waals surface area contributed by atoms with Crippen molar-refractivity contribution >= 4 is 22.7 Å². The number of benzene rings is 2. The number of halogens is 4. The van der Waals surface area contributed by atoms with Crippen LogP contribution in [0, 0.1) is 12.7 Å². The highest BCUT2D eigenvalue weighted by Crippen LogP contribution is 2.32. The second-order valence-electron chi connectivity index (χ2n) is 6.45. The molecule has 6 nitrogen and oxygen atoms in total. The molecule has 1 heterocycles. The number of ether oxygens (including phenoxy) is 1. The number of carbonyl (C=O) groups excluding carboxylic acids is 2. The van der Waals surface area contributed by atoms with Crippen LogP contribution in [0.2, 0.25) is 0 Å². The fraction of sp³-hybridized carbons (Fsp3) is 0.200. The summed E-state index contributed by atoms with van der Waals surface area (Å²) in [4.78, 5) is 24.9. The van der Waals surface area contributed by atoms with Gasteiger partial charge in [-0.05, 0) is 42.8 Å². The number of hydrogen-bond donors (Lipinski definition) is 2. The lowest BCUT2D eigenvalue weighted by molar-refractivity contribution is -0.274. The van der Waals surface area contributed by atoms with Gasteiger partial charge in [0.2, 0.25) is 5.91 Å². The Labute approximate surface area is 167 Å². The van der Waals surface area contributed by atoms with Crippen molar-refractivity contribution in [2.45, 2.75) is 19.7 Å². The number of amides is 1. The van der Waals surface area contributed by atoms with E-state index in [4.69, 9.17) is 0 Å². The average molecular weight is 424 g/mol. The van der Waals surface area contributed by atoms with Crippen LogP contribution in [0.3, 0.4) is 0 Å². The average Bonchev–Trinajstić information content (AvgIpc) is 2.92. The first-order chi connectivity index (χ1) is 14.0. The predicted molar refractivity (Wildman–Crippen MR) is 98.9 cm³/mol. The monoisotopic (exact) mass is 424 g/mol. The van der Waals surface area contributed by atoms with Crippen molar-refractivity contribution in [1.82, 2.24) is 9.88 Å². The Morgan fingerprint density at radius 1 is 1.17 bits per heavy atom. The Balaban J connectivity index is 2.10. The van der Waals surface area contributed by atoms with E-state index in [1.54, 1.807) is 6.92 Å². The van der Waals surface area contributed by atoms with Crippen molar-refractivity contribution in [3.05, 3.63) is 59.0 Å². The van der Waals surface area contributed by atoms with Crippen molar-refractivity contribution in [3.63, 3.8) is 0 Å². The van der Waals surface area contributed by atoms with E-state index in [0.29, 0.717) is 16.6 Å². The summed E-state index contributed by atoms with van der Waals surface area (Å²) in [6.07, 6.45) is -4.99. The minimum Gasteiger partial charge on any atom is -0.505 e. The molecule has 3 rings (SSSR count). The molecule has 2 aromatic carbocycles. The SMILES string of the molecule is CNC(=O)Cc1c(C)n(C(=O)c2ccc(OC(F)(F)F)cc2)c2cc(F)c(O)cc12. The minimum atomic E-state index is -4.87. The summed E-state index contributed by atoms with van der Waals surface area (Å²) >= 11 is 0. The first kappa shape index (κ1) is 21.2. The Morgan fingerprint density at radius 2 is 1.80 bits per heavy atom. The smallest absolute Gasteiger partial charge is 0.505 e. The molecule has 0 aliphatic rings. The van der Waals surface area contributed by atoms with Gasteiger partial charge in [-0.3, -0.25) is 14.2 Å². The maximum atomic E-state index is 14.0. The summed E-state index contributed by atoms with van der Waals surface area (Å²) in [5.41, 5.74) is 0.871. The second-order valence-corrected chi connectivity index (χ2v) is 6.45. The number of phenols is 1. The lowest BCUT2D eigenvalue weighted by Crippen LogP contribution is -2.21. The van der Waals surface area contributed by atoms with Gasteiger partial charge in [0.05, 0.1) is 11.9 Å². The Kier molecular flexibility index (Phi) is 5.43. The van der Waals surface area contributed by atoms with Crippen molar-refractivity contribution in [2.24, 2.45) is 0 Å². The molecule has 158 valence electrons. The zero-order valence-corrected chi connectivity index (χ0v) is 15.8. The highest BCUT2D eigenvalue weighted by atomic mass is 19.4. The van der Waals surface area contributed by atoms with Gasteiger partial charge in [-0.15, -0.1) is 13.2 Å². The van der Waals surface area contributed by atoms with E-state index >= 15 is 0 Å². The van der Waals surface area contributed by atoms with Gasteiger partial charge in [-0.1, -0.05) is 0 Å². The largest absolute Gasteiger partial charge is 0.573 e. The Bertz CT molecular complexity index is 1130. The third-order valence-electron chi connectivity index (χ3n) is 4.56. The fourth-order valence-corrected chi connectivity index (χ4v) is 3.15. The highest BCUT2D eigenvalue weighted by molar-refractivity contribution is 6.05. The third-order valence-corrected chi connectivity index (χ3v) is 4.56. The molecule has 1 aromatic heterocycles. The first-order valence-electron chi connectivity index (χ1n) is 8.65. The number of likely N-dealkylation sites (N-methyl/N-ethyl adjacent to an activating group) is 1. The summed E-state index contributed by atoms with van der Waals surface area (Å²) < 4.78 is 55.9. The summed E-state index contributed by atoms with van der Waals surface area (Å²) in [6.45, 7) is 1.55. The molecule has 0 fully saturated rings. The van der Waals surface area contributed by atoms with Crippen molar-refractivity contribution in [2.75, 3.05) is 7.05 Å². The number of phenolic OH excluding ortho intramolecular Hbond substituents is 1. The molecular weight excluding hydrogens is 408 g/mol. The molecule has 0 spiro atoms. The molecule has 0 atom stereocenters. The molecule has 0 unspecified atom stereocenters. The number of carbonyl (C=O) groups is 2. The van der Waals surface area contributed by atoms with Gasteiger partial charge >= 0.3 is 6.36 Å². The van der Waals surface area contributed by atoms with Crippen LogP contribution in [0.25, 0.3) is 10.9 Å². The summed E-state index contributed by atoms with van der Waals surface area (Å²) in [5.74, 6) is -3.11. The van der Waals surface area contributed by atoms with Crippen molar-refractivity contribution in [1.29, 1.82) is 0 Å². The minimum absolute atomic E-state index is 0.0181. The number of fused-ring (bicyclic) bond motifs is 1. The van der Waals surface area contributed by atoms with E-state index in [9.17, 15) is 32.3 Å². The fourth-order valence-electron chi connectivity index (χ4n) is 3.15. The van der Waals surface area contributed by atoms with Crippen LogP contribution in [0.1, 0.15) is 21.6 Å². The van der Waals surface area contributed by atoms with Gasteiger partial charge in [-0.25, -0.2) is 4.39 Å². The van der Waals surface area contributed by atoms with Crippen LogP contribution in [0.5, 0.6) is 11.5 Å². The standard InChI is InChI=1S/C20H16F4N2O4/c1-10-13(8-18(28)25-2)14-7-17(27)15(21)9-16(14)26(10)19(29)11-3-5-12(6-4-11)30-20(22,23)24/h3-7,9,27H,8H2,1-2H3,(H,25,28). The molecule has 0 aliphatic heterocycles. The molecule has 1 amide bonds. The van der Waals surface area contributed by atoms with E-state index in [-0.39, 0.29) is 23.4 Å². The van der Waals surface area contributed by atoms with E-state index in [1.165, 1.54) is 7.05 Å². The molecule has 30 heavy (non-hydrogen) atoms. The van der Waals surface area contributed by atoms with Crippen LogP contribution >= 0.6 is 0 Å². The lowest BCUT2D eigenvalue weighted by atomic mass is 10.1. The molecule has 0 saturated heterocycles. The van der Waals surface area contributed by atoms with Gasteiger partial charge in [0.25, 0.3) is 5.91 Å². The number of nitrogens with one attached hydrogen (secondary N) is 1. The number of aromatic nitrogens is 1. The van der Waals surface area contributed by atoms with Gasteiger partial charge in [0.1, 0.15) is 5.75 Å². The first-order valence-corrected chi connectivity index (χ1v) is 8.65. The second kappa shape index (κ2) is 7.69. The zero-order chi connectivity index (χ0) is 22.2. The van der Waals surface area contributed by atoms with Crippen LogP contribution in [-0.4, -0.2) is 34.9 Å². The highest BCUT2D eigenvalue weighted by Gasteiger charge is 2.31. The maximum Gasteiger partial charge on any atom is 0.573 e. The predicted octanol–water partition coefficient (Wildman–Crippen LogP) is 3.67. The van der Waals surface area contributed by atoms with E-state index < -0.39 is 29.6 Å². The summed E-state index contributed by atoms with van der Waals surface area (Å²) in [6, 6.07) is 6.34. The molecule has 2 N–H and O–H groups in total. The molecule has 3 aromatic rings. The van der Waals surface area contributed by atoms with Crippen molar-refractivity contribution in [3.8, 4) is 11.5 Å². The lowest BCUT2D eigenvalue weighted by Gasteiger charge is -2.10. The van der Waals surface area contributed by atoms with E-state index in [0.717, 1.165) is 41.0 Å². The number of aromatic hydroxyl groups is 1. The zero-order valence-electron chi connectivity index (χ0n) is 15.8. The third kappa shape index (κ3) is 4.07. The number of nitrogens with zero attached hydrogens (tertiary/aromatic N) is 1. The molecule has 0 radical (unpaired) electrons. The summed E-state index contributed by atoms with van der Waals surface area (Å²) in [5, 5.41) is 12.5.